The van der Waals surface area contributed by atoms with E-state index in [2.05, 4.69) is 5.10 Å². The molecule has 2 aromatic carbocycles. The summed E-state index contributed by atoms with van der Waals surface area (Å²) in [6.07, 6.45) is 0. The number of aromatic nitrogens is 2. The Balaban J connectivity index is 2.38. The van der Waals surface area contributed by atoms with Gasteiger partial charge in [-0.15, -0.1) is 0 Å². The van der Waals surface area contributed by atoms with E-state index >= 15 is 0 Å². The van der Waals surface area contributed by atoms with Gasteiger partial charge in [0.2, 0.25) is 0 Å². The lowest BCUT2D eigenvalue weighted by atomic mass is 10.1. The van der Waals surface area contributed by atoms with Crippen molar-refractivity contribution < 1.29 is 9.90 Å². The van der Waals surface area contributed by atoms with Crippen LogP contribution in [0.25, 0.3) is 21.7 Å². The zero-order valence-corrected chi connectivity index (χ0v) is 9.91. The lowest BCUT2D eigenvalue weighted by molar-refractivity contribution is -0.137. The minimum Gasteiger partial charge on any atom is -0.480 e. The maximum absolute atomic E-state index is 11.7. The molecule has 0 bridgehead atoms. The summed E-state index contributed by atoms with van der Waals surface area (Å²) in [4.78, 5) is 22.5. The summed E-state index contributed by atoms with van der Waals surface area (Å²) in [5, 5.41) is 15.6. The topological polar surface area (TPSA) is 72.2 Å². The molecule has 0 radical (unpaired) electrons. The number of rotatable bonds is 2. The molecule has 19 heavy (non-hydrogen) atoms. The van der Waals surface area contributed by atoms with E-state index in [0.717, 1.165) is 15.5 Å². The highest BCUT2D eigenvalue weighted by Crippen LogP contribution is 2.21. The predicted octanol–water partition coefficient (Wildman–Crippen LogP) is 1.63. The van der Waals surface area contributed by atoms with Gasteiger partial charge in [0.1, 0.15) is 6.54 Å². The summed E-state index contributed by atoms with van der Waals surface area (Å²) in [6.45, 7) is -0.433. The number of carboxylic acids is 1. The molecule has 1 N–H and O–H groups in total. The smallest absolute Gasteiger partial charge is 0.325 e. The third-order valence-electron chi connectivity index (χ3n) is 2.97. The fourth-order valence-corrected chi connectivity index (χ4v) is 2.12. The summed E-state index contributed by atoms with van der Waals surface area (Å²) >= 11 is 0. The first kappa shape index (κ1) is 11.4. The van der Waals surface area contributed by atoms with E-state index in [1.165, 1.54) is 6.07 Å². The molecule has 0 atom stereocenters. The maximum Gasteiger partial charge on any atom is 0.325 e. The standard InChI is InChI=1S/C14H10N2O3/c17-12-7-10-6-5-9-3-1-2-4-11(9)14(10)15-16(12)8-13(18)19/h1-7H,8H2,(H,18,19). The van der Waals surface area contributed by atoms with E-state index in [0.29, 0.717) is 10.9 Å². The van der Waals surface area contributed by atoms with Crippen molar-refractivity contribution in [2.24, 2.45) is 0 Å². The average Bonchev–Trinajstić information content (AvgIpc) is 2.39. The Hall–Kier alpha value is -2.69. The number of aliphatic carboxylic acids is 1. The van der Waals surface area contributed by atoms with Gasteiger partial charge >= 0.3 is 5.97 Å². The first-order chi connectivity index (χ1) is 9.15. The van der Waals surface area contributed by atoms with E-state index in [1.54, 1.807) is 0 Å². The summed E-state index contributed by atoms with van der Waals surface area (Å²) < 4.78 is 0.969. The first-order valence-electron chi connectivity index (χ1n) is 5.76. The molecule has 94 valence electrons. The monoisotopic (exact) mass is 254 g/mol. The van der Waals surface area contributed by atoms with Crippen molar-refractivity contribution in [3.63, 3.8) is 0 Å². The molecule has 0 spiro atoms. The number of nitrogens with zero attached hydrogens (tertiary/aromatic N) is 2. The molecule has 5 heteroatoms. The van der Waals surface area contributed by atoms with Gasteiger partial charge in [-0.05, 0) is 5.39 Å². The van der Waals surface area contributed by atoms with Gasteiger partial charge in [0.05, 0.1) is 5.52 Å². The van der Waals surface area contributed by atoms with Gasteiger partial charge in [0.25, 0.3) is 5.56 Å². The minimum atomic E-state index is -1.09. The van der Waals surface area contributed by atoms with Crippen molar-refractivity contribution in [2.45, 2.75) is 6.54 Å². The quantitative estimate of drug-likeness (QED) is 0.705. The van der Waals surface area contributed by atoms with Crippen LogP contribution < -0.4 is 5.56 Å². The Kier molecular flexibility index (Phi) is 2.52. The maximum atomic E-state index is 11.7. The molecule has 0 aliphatic heterocycles. The van der Waals surface area contributed by atoms with E-state index in [9.17, 15) is 9.59 Å². The van der Waals surface area contributed by atoms with Crippen molar-refractivity contribution in [1.29, 1.82) is 0 Å². The minimum absolute atomic E-state index is 0.412. The summed E-state index contributed by atoms with van der Waals surface area (Å²) in [7, 11) is 0. The molecule has 5 nitrogen and oxygen atoms in total. The van der Waals surface area contributed by atoms with Gasteiger partial charge in [-0.25, -0.2) is 4.68 Å². The predicted molar refractivity (Wildman–Crippen MR) is 71.1 cm³/mol. The van der Waals surface area contributed by atoms with Gasteiger partial charge < -0.3 is 5.11 Å². The summed E-state index contributed by atoms with van der Waals surface area (Å²) in [6, 6.07) is 12.8. The average molecular weight is 254 g/mol. The second-order valence-electron chi connectivity index (χ2n) is 4.26. The molecule has 0 unspecified atom stereocenters. The normalized spacial score (nSPS) is 10.9. The molecule has 0 amide bonds. The third-order valence-corrected chi connectivity index (χ3v) is 2.97. The van der Waals surface area contributed by atoms with Gasteiger partial charge in [0, 0.05) is 16.8 Å². The highest BCUT2D eigenvalue weighted by atomic mass is 16.4. The Labute approximate surface area is 107 Å². The van der Waals surface area contributed by atoms with Crippen molar-refractivity contribution in [3.05, 3.63) is 52.8 Å². The summed E-state index contributed by atoms with van der Waals surface area (Å²) in [5.41, 5.74) is 0.226. The molecule has 0 fully saturated rings. The lowest BCUT2D eigenvalue weighted by Gasteiger charge is -2.06. The lowest BCUT2D eigenvalue weighted by Crippen LogP contribution is -2.25. The van der Waals surface area contributed by atoms with Crippen LogP contribution in [0.15, 0.2) is 47.3 Å². The van der Waals surface area contributed by atoms with Crippen molar-refractivity contribution in [3.8, 4) is 0 Å². The summed E-state index contributed by atoms with van der Waals surface area (Å²) in [5.74, 6) is -1.09. The fraction of sp³-hybridized carbons (Fsp3) is 0.0714. The number of carbonyl (C=O) groups is 1. The van der Waals surface area contributed by atoms with Gasteiger partial charge in [-0.3, -0.25) is 9.59 Å². The molecule has 0 saturated heterocycles. The van der Waals surface area contributed by atoms with Crippen molar-refractivity contribution in [1.82, 2.24) is 9.78 Å². The SMILES string of the molecule is O=C(O)Cn1nc2c(ccc3ccccc32)cc1=O. The molecule has 3 rings (SSSR count). The number of hydrogen-bond acceptors (Lipinski definition) is 3. The van der Waals surface area contributed by atoms with E-state index in [1.807, 2.05) is 36.4 Å². The van der Waals surface area contributed by atoms with E-state index < -0.39 is 18.1 Å². The number of carboxylic acid groups (broad SMARTS) is 1. The molecule has 0 saturated carbocycles. The highest BCUT2D eigenvalue weighted by Gasteiger charge is 2.07. The van der Waals surface area contributed by atoms with E-state index in [-0.39, 0.29) is 0 Å². The molecule has 0 aliphatic rings. The van der Waals surface area contributed by atoms with Crippen LogP contribution in [0.5, 0.6) is 0 Å². The molecular weight excluding hydrogens is 244 g/mol. The van der Waals surface area contributed by atoms with Crippen LogP contribution in [0, 0.1) is 0 Å². The third kappa shape index (κ3) is 1.95. The van der Waals surface area contributed by atoms with Crippen LogP contribution in [0.2, 0.25) is 0 Å². The van der Waals surface area contributed by atoms with Crippen LogP contribution in [0.4, 0.5) is 0 Å². The Bertz CT molecular complexity index is 852. The molecule has 1 aromatic heterocycles. The highest BCUT2D eigenvalue weighted by molar-refractivity contribution is 6.04. The van der Waals surface area contributed by atoms with Crippen LogP contribution in [-0.2, 0) is 11.3 Å². The zero-order chi connectivity index (χ0) is 13.4. The van der Waals surface area contributed by atoms with Crippen LogP contribution in [0.3, 0.4) is 0 Å². The van der Waals surface area contributed by atoms with Crippen LogP contribution in [0.1, 0.15) is 0 Å². The Morgan fingerprint density at radius 1 is 1.16 bits per heavy atom. The molecule has 3 aromatic rings. The van der Waals surface area contributed by atoms with Crippen molar-refractivity contribution in [2.75, 3.05) is 0 Å². The molecule has 1 heterocycles. The molecule has 0 aliphatic carbocycles. The Morgan fingerprint density at radius 2 is 1.89 bits per heavy atom. The van der Waals surface area contributed by atoms with Crippen molar-refractivity contribution >= 4 is 27.6 Å². The zero-order valence-electron chi connectivity index (χ0n) is 9.91. The number of benzene rings is 2. The largest absolute Gasteiger partial charge is 0.480 e. The second-order valence-corrected chi connectivity index (χ2v) is 4.26. The van der Waals surface area contributed by atoms with Gasteiger partial charge in [0.15, 0.2) is 0 Å². The fourth-order valence-electron chi connectivity index (χ4n) is 2.12. The molecular formula is C14H10N2O3. The van der Waals surface area contributed by atoms with E-state index in [4.69, 9.17) is 5.11 Å². The number of fused-ring (bicyclic) bond motifs is 3. The van der Waals surface area contributed by atoms with Crippen LogP contribution in [-0.4, -0.2) is 20.9 Å². The Morgan fingerprint density at radius 3 is 2.68 bits per heavy atom. The van der Waals surface area contributed by atoms with Gasteiger partial charge in [-0.1, -0.05) is 36.4 Å². The van der Waals surface area contributed by atoms with Crippen LogP contribution >= 0.6 is 0 Å². The first-order valence-corrected chi connectivity index (χ1v) is 5.76. The number of hydrogen-bond donors (Lipinski definition) is 1. The second kappa shape index (κ2) is 4.20. The van der Waals surface area contributed by atoms with Gasteiger partial charge in [-0.2, -0.15) is 5.10 Å².